The van der Waals surface area contributed by atoms with E-state index in [1.165, 1.54) is 0 Å². The predicted octanol–water partition coefficient (Wildman–Crippen LogP) is -0.223. The predicted molar refractivity (Wildman–Crippen MR) is 41.7 cm³/mol. The molecule has 0 saturated carbocycles. The molecule has 0 heterocycles. The van der Waals surface area contributed by atoms with Crippen molar-refractivity contribution in [3.63, 3.8) is 0 Å². The zero-order chi connectivity index (χ0) is 8.85. The van der Waals surface area contributed by atoms with Gasteiger partial charge in [0.2, 0.25) is 11.8 Å². The Hall–Kier alpha value is -1.06. The number of rotatable bonds is 4. The van der Waals surface area contributed by atoms with E-state index in [4.69, 9.17) is 5.73 Å². The lowest BCUT2D eigenvalue weighted by molar-refractivity contribution is -0.127. The lowest BCUT2D eigenvalue weighted by Gasteiger charge is -2.11. The van der Waals surface area contributed by atoms with Crippen LogP contribution < -0.4 is 11.1 Å². The van der Waals surface area contributed by atoms with Crippen molar-refractivity contribution in [2.45, 2.75) is 32.7 Å². The second kappa shape index (κ2) is 4.71. The number of nitrogens with one attached hydrogen (secondary N) is 1. The summed E-state index contributed by atoms with van der Waals surface area (Å²) in [7, 11) is 0. The van der Waals surface area contributed by atoms with Crippen molar-refractivity contribution in [2.75, 3.05) is 0 Å². The maximum absolute atomic E-state index is 10.8. The first-order chi connectivity index (χ1) is 5.11. The summed E-state index contributed by atoms with van der Waals surface area (Å²) in [5.74, 6) is -0.620. The van der Waals surface area contributed by atoms with Gasteiger partial charge in [-0.3, -0.25) is 9.59 Å². The van der Waals surface area contributed by atoms with Crippen LogP contribution in [-0.4, -0.2) is 17.9 Å². The monoisotopic (exact) mass is 158 g/mol. The van der Waals surface area contributed by atoms with E-state index in [1.807, 2.05) is 0 Å². The summed E-state index contributed by atoms with van der Waals surface area (Å²) in [4.78, 5) is 21.4. The molecule has 0 aromatic rings. The van der Waals surface area contributed by atoms with Gasteiger partial charge in [-0.25, -0.2) is 0 Å². The molecule has 0 bridgehead atoms. The molecule has 1 atom stereocenters. The van der Waals surface area contributed by atoms with Gasteiger partial charge in [0, 0.05) is 6.42 Å². The van der Waals surface area contributed by atoms with Gasteiger partial charge in [0.05, 0.1) is 0 Å². The molecule has 0 saturated heterocycles. The zero-order valence-corrected chi connectivity index (χ0v) is 6.89. The van der Waals surface area contributed by atoms with Gasteiger partial charge in [-0.15, -0.1) is 0 Å². The van der Waals surface area contributed by atoms with Crippen molar-refractivity contribution in [2.24, 2.45) is 5.73 Å². The fraction of sp³-hybridized carbons (Fsp3) is 0.714. The number of amides is 2. The van der Waals surface area contributed by atoms with E-state index in [-0.39, 0.29) is 5.91 Å². The molecule has 0 aliphatic rings. The number of primary amides is 1. The molecule has 4 heteroatoms. The lowest BCUT2D eigenvalue weighted by atomic mass is 10.2. The van der Waals surface area contributed by atoms with Crippen molar-refractivity contribution in [3.05, 3.63) is 0 Å². The van der Waals surface area contributed by atoms with Crippen LogP contribution in [0.4, 0.5) is 0 Å². The van der Waals surface area contributed by atoms with Crippen LogP contribution in [0.15, 0.2) is 0 Å². The van der Waals surface area contributed by atoms with Gasteiger partial charge in [0.25, 0.3) is 0 Å². The maximum atomic E-state index is 10.8. The summed E-state index contributed by atoms with van der Waals surface area (Å²) in [6, 6.07) is -0.512. The van der Waals surface area contributed by atoms with E-state index in [0.717, 1.165) is 0 Å². The molecule has 0 aromatic heterocycles. The molecule has 0 radical (unpaired) electrons. The fourth-order valence-corrected chi connectivity index (χ4v) is 0.671. The van der Waals surface area contributed by atoms with Crippen LogP contribution in [-0.2, 0) is 9.59 Å². The smallest absolute Gasteiger partial charge is 0.239 e. The van der Waals surface area contributed by atoms with Crippen LogP contribution in [0.2, 0.25) is 0 Å². The largest absolute Gasteiger partial charge is 0.368 e. The van der Waals surface area contributed by atoms with E-state index in [2.05, 4.69) is 5.32 Å². The van der Waals surface area contributed by atoms with Crippen molar-refractivity contribution in [1.82, 2.24) is 5.32 Å². The normalized spacial score (nSPS) is 12.2. The molecular formula is C7H14N2O2. The third-order valence-corrected chi connectivity index (χ3v) is 1.41. The highest BCUT2D eigenvalue weighted by Crippen LogP contribution is 1.89. The maximum Gasteiger partial charge on any atom is 0.239 e. The average molecular weight is 158 g/mol. The number of carbonyl (C=O) groups excluding carboxylic acids is 2. The molecule has 11 heavy (non-hydrogen) atoms. The molecule has 4 nitrogen and oxygen atoms in total. The molecule has 0 rings (SSSR count). The van der Waals surface area contributed by atoms with Gasteiger partial charge in [-0.1, -0.05) is 13.8 Å². The quantitative estimate of drug-likeness (QED) is 0.593. The second-order valence-electron chi connectivity index (χ2n) is 2.28. The van der Waals surface area contributed by atoms with Crippen molar-refractivity contribution in [1.29, 1.82) is 0 Å². The van der Waals surface area contributed by atoms with Crippen LogP contribution >= 0.6 is 0 Å². The summed E-state index contributed by atoms with van der Waals surface area (Å²) in [6.45, 7) is 3.52. The Labute approximate surface area is 66.1 Å². The Balaban J connectivity index is 3.88. The number of carbonyl (C=O) groups is 2. The molecule has 64 valence electrons. The summed E-state index contributed by atoms with van der Waals surface area (Å²) in [5, 5.41) is 2.50. The first kappa shape index (κ1) is 9.94. The third kappa shape index (κ3) is 3.60. The minimum Gasteiger partial charge on any atom is -0.368 e. The highest BCUT2D eigenvalue weighted by Gasteiger charge is 2.13. The Morgan fingerprint density at radius 3 is 2.27 bits per heavy atom. The topological polar surface area (TPSA) is 72.2 Å². The van der Waals surface area contributed by atoms with Crippen LogP contribution in [0, 0.1) is 0 Å². The van der Waals surface area contributed by atoms with Crippen LogP contribution in [0.25, 0.3) is 0 Å². The molecule has 3 N–H and O–H groups in total. The molecule has 0 aliphatic carbocycles. The summed E-state index contributed by atoms with van der Waals surface area (Å²) in [6.07, 6.45) is 0.921. The Bertz CT molecular complexity index is 157. The van der Waals surface area contributed by atoms with E-state index in [9.17, 15) is 9.59 Å². The second-order valence-corrected chi connectivity index (χ2v) is 2.28. The lowest BCUT2D eigenvalue weighted by Crippen LogP contribution is -2.43. The summed E-state index contributed by atoms with van der Waals surface area (Å²) in [5.41, 5.74) is 5.00. The molecule has 0 unspecified atom stereocenters. The van der Waals surface area contributed by atoms with Crippen LogP contribution in [0.1, 0.15) is 26.7 Å². The van der Waals surface area contributed by atoms with Gasteiger partial charge >= 0.3 is 0 Å². The molecule has 2 amide bonds. The van der Waals surface area contributed by atoms with Crippen LogP contribution in [0.5, 0.6) is 0 Å². The Morgan fingerprint density at radius 1 is 1.45 bits per heavy atom. The van der Waals surface area contributed by atoms with Crippen molar-refractivity contribution < 1.29 is 9.59 Å². The van der Waals surface area contributed by atoms with Gasteiger partial charge in [-0.05, 0) is 6.42 Å². The standard InChI is InChI=1S/C7H14N2O2/c1-3-5(7(8)11)9-6(10)4-2/h5H,3-4H2,1-2H3,(H2,8,11)(H,9,10)/t5-/m1/s1. The Kier molecular flexibility index (Phi) is 4.26. The van der Waals surface area contributed by atoms with Gasteiger partial charge in [-0.2, -0.15) is 0 Å². The van der Waals surface area contributed by atoms with Crippen molar-refractivity contribution in [3.8, 4) is 0 Å². The Morgan fingerprint density at radius 2 is 2.00 bits per heavy atom. The van der Waals surface area contributed by atoms with E-state index in [1.54, 1.807) is 13.8 Å². The van der Waals surface area contributed by atoms with Gasteiger partial charge in [0.15, 0.2) is 0 Å². The average Bonchev–Trinajstić information content (AvgIpc) is 1.99. The highest BCUT2D eigenvalue weighted by molar-refractivity contribution is 5.86. The fourth-order valence-electron chi connectivity index (χ4n) is 0.671. The molecular weight excluding hydrogens is 144 g/mol. The van der Waals surface area contributed by atoms with E-state index >= 15 is 0 Å². The first-order valence-corrected chi connectivity index (χ1v) is 3.70. The van der Waals surface area contributed by atoms with Gasteiger partial charge in [0.1, 0.15) is 6.04 Å². The summed E-state index contributed by atoms with van der Waals surface area (Å²) >= 11 is 0. The third-order valence-electron chi connectivity index (χ3n) is 1.41. The van der Waals surface area contributed by atoms with E-state index < -0.39 is 11.9 Å². The number of hydrogen-bond donors (Lipinski definition) is 2. The first-order valence-electron chi connectivity index (χ1n) is 3.70. The van der Waals surface area contributed by atoms with Gasteiger partial charge < -0.3 is 11.1 Å². The molecule has 0 aliphatic heterocycles. The zero-order valence-electron chi connectivity index (χ0n) is 6.89. The van der Waals surface area contributed by atoms with E-state index in [0.29, 0.717) is 12.8 Å². The SMILES string of the molecule is CCC(=O)N[C@H](CC)C(N)=O. The molecule has 0 fully saturated rings. The molecule has 0 aromatic carbocycles. The number of hydrogen-bond acceptors (Lipinski definition) is 2. The minimum absolute atomic E-state index is 0.143. The van der Waals surface area contributed by atoms with Crippen molar-refractivity contribution >= 4 is 11.8 Å². The van der Waals surface area contributed by atoms with Crippen LogP contribution in [0.3, 0.4) is 0 Å². The molecule has 0 spiro atoms. The highest BCUT2D eigenvalue weighted by atomic mass is 16.2. The number of nitrogens with two attached hydrogens (primary N) is 1. The summed E-state index contributed by atoms with van der Waals surface area (Å²) < 4.78 is 0. The minimum atomic E-state index is -0.512.